The second kappa shape index (κ2) is 10.9. The van der Waals surface area contributed by atoms with Crippen molar-refractivity contribution in [1.82, 2.24) is 5.43 Å². The first kappa shape index (κ1) is 22.7. The highest BCUT2D eigenvalue weighted by Crippen LogP contribution is 2.30. The number of nitrogens with one attached hydrogen (secondary N) is 1. The molecule has 0 atom stereocenters. The molecule has 4 aromatic carbocycles. The van der Waals surface area contributed by atoms with E-state index in [1.807, 2.05) is 73.7 Å². The number of carbonyl (C=O) groups is 2. The molecule has 0 aliphatic heterocycles. The third-order valence-electron chi connectivity index (χ3n) is 5.09. The first-order valence-corrected chi connectivity index (χ1v) is 11.0. The largest absolute Gasteiger partial charge is 0.490 e. The number of rotatable bonds is 8. The van der Waals surface area contributed by atoms with Gasteiger partial charge in [0.2, 0.25) is 5.91 Å². The maximum atomic E-state index is 12.9. The summed E-state index contributed by atoms with van der Waals surface area (Å²) in [6, 6.07) is 27.7. The van der Waals surface area contributed by atoms with Crippen LogP contribution in [0.2, 0.25) is 0 Å². The van der Waals surface area contributed by atoms with E-state index in [2.05, 4.69) is 10.5 Å². The molecule has 0 aliphatic carbocycles. The number of nitrogens with zero attached hydrogens (tertiary/aromatic N) is 1. The number of hydrogen-bond acceptors (Lipinski definition) is 5. The molecule has 0 fully saturated rings. The zero-order valence-electron chi connectivity index (χ0n) is 18.7. The Hall–Kier alpha value is -4.45. The molecule has 0 aromatic heterocycles. The Labute approximate surface area is 197 Å². The molecule has 4 aromatic rings. The molecule has 0 unspecified atom stereocenters. The Morgan fingerprint density at radius 1 is 0.882 bits per heavy atom. The smallest absolute Gasteiger partial charge is 0.344 e. The number of amides is 1. The third kappa shape index (κ3) is 5.66. The zero-order chi connectivity index (χ0) is 23.8. The van der Waals surface area contributed by atoms with Gasteiger partial charge < -0.3 is 9.47 Å². The molecular formula is C28H24N2O4. The van der Waals surface area contributed by atoms with Gasteiger partial charge in [-0.2, -0.15) is 5.10 Å². The van der Waals surface area contributed by atoms with E-state index in [9.17, 15) is 9.59 Å². The molecular weight excluding hydrogens is 428 g/mol. The quantitative estimate of drug-likeness (QED) is 0.174. The first-order valence-electron chi connectivity index (χ1n) is 11.0. The predicted octanol–water partition coefficient (Wildman–Crippen LogP) is 5.15. The van der Waals surface area contributed by atoms with Crippen LogP contribution in [-0.4, -0.2) is 24.7 Å². The van der Waals surface area contributed by atoms with Gasteiger partial charge in [-0.15, -0.1) is 0 Å². The molecule has 4 rings (SSSR count). The molecule has 0 heterocycles. The molecule has 6 heteroatoms. The standard InChI is InChI=1S/C28H24N2O4/c1-2-33-26-17-21(19-29-30-27(31)18-20-9-4-3-5-10-20)15-16-25(26)34-28(32)24-14-8-12-22-11-6-7-13-23(22)24/h3-17,19H,2,18H2,1H3,(H,30,31)/b29-19+. The lowest BCUT2D eigenvalue weighted by Crippen LogP contribution is -2.19. The normalized spacial score (nSPS) is 10.9. The Morgan fingerprint density at radius 2 is 1.65 bits per heavy atom. The van der Waals surface area contributed by atoms with Crippen molar-refractivity contribution >= 4 is 28.9 Å². The van der Waals surface area contributed by atoms with Crippen molar-refractivity contribution in [3.63, 3.8) is 0 Å². The summed E-state index contributed by atoms with van der Waals surface area (Å²) in [6.45, 7) is 2.24. The van der Waals surface area contributed by atoms with E-state index < -0.39 is 5.97 Å². The van der Waals surface area contributed by atoms with Crippen molar-refractivity contribution in [1.29, 1.82) is 0 Å². The molecule has 6 nitrogen and oxygen atoms in total. The summed E-state index contributed by atoms with van der Waals surface area (Å²) in [4.78, 5) is 25.0. The molecule has 1 N–H and O–H groups in total. The first-order chi connectivity index (χ1) is 16.6. The zero-order valence-corrected chi connectivity index (χ0v) is 18.7. The van der Waals surface area contributed by atoms with Gasteiger partial charge in [-0.3, -0.25) is 4.79 Å². The lowest BCUT2D eigenvalue weighted by atomic mass is 10.0. The highest BCUT2D eigenvalue weighted by atomic mass is 16.6. The molecule has 0 bridgehead atoms. The van der Waals surface area contributed by atoms with Gasteiger partial charge in [0.1, 0.15) is 0 Å². The number of hydrazone groups is 1. The minimum atomic E-state index is -0.465. The highest BCUT2D eigenvalue weighted by molar-refractivity contribution is 6.05. The summed E-state index contributed by atoms with van der Waals surface area (Å²) >= 11 is 0. The fourth-order valence-corrected chi connectivity index (χ4v) is 3.52. The minimum Gasteiger partial charge on any atom is -0.490 e. The Morgan fingerprint density at radius 3 is 2.47 bits per heavy atom. The van der Waals surface area contributed by atoms with Gasteiger partial charge in [0.15, 0.2) is 11.5 Å². The number of benzene rings is 4. The van der Waals surface area contributed by atoms with E-state index in [1.54, 1.807) is 24.3 Å². The Balaban J connectivity index is 1.46. The van der Waals surface area contributed by atoms with Crippen LogP contribution in [0.15, 0.2) is 96.1 Å². The monoisotopic (exact) mass is 452 g/mol. The summed E-state index contributed by atoms with van der Waals surface area (Å²) < 4.78 is 11.4. The number of carbonyl (C=O) groups excluding carboxylic acids is 2. The van der Waals surface area contributed by atoms with Crippen LogP contribution in [0, 0.1) is 0 Å². The lowest BCUT2D eigenvalue weighted by molar-refractivity contribution is -0.120. The second-order valence-electron chi connectivity index (χ2n) is 7.51. The van der Waals surface area contributed by atoms with E-state index in [4.69, 9.17) is 9.47 Å². The van der Waals surface area contributed by atoms with Crippen LogP contribution in [0.5, 0.6) is 11.5 Å². The second-order valence-corrected chi connectivity index (χ2v) is 7.51. The van der Waals surface area contributed by atoms with Gasteiger partial charge in [-0.25, -0.2) is 10.2 Å². The van der Waals surface area contributed by atoms with Crippen LogP contribution in [0.3, 0.4) is 0 Å². The lowest BCUT2D eigenvalue weighted by Gasteiger charge is -2.12. The van der Waals surface area contributed by atoms with Crippen LogP contribution in [0.4, 0.5) is 0 Å². The highest BCUT2D eigenvalue weighted by Gasteiger charge is 2.15. The van der Waals surface area contributed by atoms with Crippen molar-refractivity contribution in [3.05, 3.63) is 108 Å². The summed E-state index contributed by atoms with van der Waals surface area (Å²) in [5, 5.41) is 5.81. The van der Waals surface area contributed by atoms with Crippen LogP contribution in [-0.2, 0) is 11.2 Å². The molecule has 1 amide bonds. The van der Waals surface area contributed by atoms with Gasteiger partial charge in [-0.05, 0) is 53.1 Å². The topological polar surface area (TPSA) is 77.0 Å². The van der Waals surface area contributed by atoms with Gasteiger partial charge >= 0.3 is 5.97 Å². The van der Waals surface area contributed by atoms with E-state index >= 15 is 0 Å². The minimum absolute atomic E-state index is 0.215. The maximum absolute atomic E-state index is 12.9. The van der Waals surface area contributed by atoms with Crippen molar-refractivity contribution in [2.24, 2.45) is 5.10 Å². The molecule has 170 valence electrons. The van der Waals surface area contributed by atoms with E-state index in [0.717, 1.165) is 16.3 Å². The predicted molar refractivity (Wildman–Crippen MR) is 132 cm³/mol. The summed E-state index contributed by atoms with van der Waals surface area (Å²) in [6.07, 6.45) is 1.76. The number of fused-ring (bicyclic) bond motifs is 1. The molecule has 0 aliphatic rings. The fraction of sp³-hybridized carbons (Fsp3) is 0.107. The third-order valence-corrected chi connectivity index (χ3v) is 5.09. The molecule has 0 radical (unpaired) electrons. The van der Waals surface area contributed by atoms with Crippen LogP contribution in [0.1, 0.15) is 28.4 Å². The Bertz CT molecular complexity index is 1330. The summed E-state index contributed by atoms with van der Waals surface area (Å²) in [5.74, 6) is 0.0427. The van der Waals surface area contributed by atoms with Crippen molar-refractivity contribution in [2.75, 3.05) is 6.61 Å². The van der Waals surface area contributed by atoms with Gasteiger partial charge in [-0.1, -0.05) is 66.7 Å². The maximum Gasteiger partial charge on any atom is 0.344 e. The molecule has 34 heavy (non-hydrogen) atoms. The van der Waals surface area contributed by atoms with Crippen molar-refractivity contribution in [3.8, 4) is 11.5 Å². The number of hydrogen-bond donors (Lipinski definition) is 1. The van der Waals surface area contributed by atoms with Gasteiger partial charge in [0, 0.05) is 0 Å². The van der Waals surface area contributed by atoms with Gasteiger partial charge in [0.25, 0.3) is 0 Å². The van der Waals surface area contributed by atoms with Crippen LogP contribution in [0.25, 0.3) is 10.8 Å². The molecule has 0 spiro atoms. The van der Waals surface area contributed by atoms with Crippen LogP contribution < -0.4 is 14.9 Å². The Kier molecular flexibility index (Phi) is 7.30. The van der Waals surface area contributed by atoms with Gasteiger partial charge in [0.05, 0.1) is 24.8 Å². The average molecular weight is 453 g/mol. The van der Waals surface area contributed by atoms with Crippen LogP contribution >= 0.6 is 0 Å². The number of esters is 1. The molecule has 0 saturated carbocycles. The summed E-state index contributed by atoms with van der Waals surface area (Å²) in [7, 11) is 0. The fourth-order valence-electron chi connectivity index (χ4n) is 3.52. The van der Waals surface area contributed by atoms with E-state index in [1.165, 1.54) is 6.21 Å². The molecule has 0 saturated heterocycles. The number of ether oxygens (including phenoxy) is 2. The van der Waals surface area contributed by atoms with Crippen molar-refractivity contribution in [2.45, 2.75) is 13.3 Å². The SMILES string of the molecule is CCOc1cc(/C=N/NC(=O)Cc2ccccc2)ccc1OC(=O)c1cccc2ccccc12. The van der Waals surface area contributed by atoms with E-state index in [0.29, 0.717) is 29.2 Å². The van der Waals surface area contributed by atoms with E-state index in [-0.39, 0.29) is 12.3 Å². The average Bonchev–Trinajstić information content (AvgIpc) is 2.86. The summed E-state index contributed by atoms with van der Waals surface area (Å²) in [5.41, 5.74) is 4.60. The van der Waals surface area contributed by atoms with Crippen molar-refractivity contribution < 1.29 is 19.1 Å².